The van der Waals surface area contributed by atoms with Crippen LogP contribution in [0, 0.1) is 5.41 Å². The Balaban J connectivity index is 1.76. The molecule has 0 saturated heterocycles. The van der Waals surface area contributed by atoms with E-state index in [1.54, 1.807) is 0 Å². The van der Waals surface area contributed by atoms with E-state index >= 15 is 0 Å². The molecule has 0 aromatic heterocycles. The van der Waals surface area contributed by atoms with Gasteiger partial charge in [-0.2, -0.15) is 0 Å². The molecule has 0 bridgehead atoms. The quantitative estimate of drug-likeness (QED) is 0.440. The van der Waals surface area contributed by atoms with E-state index in [2.05, 4.69) is 78.3 Å². The van der Waals surface area contributed by atoms with Gasteiger partial charge in [-0.15, -0.1) is 0 Å². The van der Waals surface area contributed by atoms with E-state index in [4.69, 9.17) is 10.7 Å². The number of hydrogen-bond acceptors (Lipinski definition) is 4. The first-order valence-electron chi connectivity index (χ1n) is 11.2. The minimum atomic E-state index is -0.121. The van der Waals surface area contributed by atoms with Crippen molar-refractivity contribution in [1.29, 1.82) is 0 Å². The number of benzene rings is 2. The first-order valence-corrected chi connectivity index (χ1v) is 11.2. The van der Waals surface area contributed by atoms with Gasteiger partial charge >= 0.3 is 0 Å². The highest BCUT2D eigenvalue weighted by Gasteiger charge is 2.41. The first kappa shape index (κ1) is 22.3. The zero-order valence-corrected chi connectivity index (χ0v) is 18.7. The van der Waals surface area contributed by atoms with Crippen molar-refractivity contribution in [3.05, 3.63) is 59.7 Å². The number of rotatable bonds is 10. The molecule has 1 atom stereocenters. The van der Waals surface area contributed by atoms with Gasteiger partial charge in [-0.25, -0.2) is 0 Å². The predicted molar refractivity (Wildman–Crippen MR) is 130 cm³/mol. The van der Waals surface area contributed by atoms with Crippen LogP contribution in [0.4, 0.5) is 11.4 Å². The molecule has 0 fully saturated rings. The summed E-state index contributed by atoms with van der Waals surface area (Å²) in [6.07, 6.45) is 3.26. The molecule has 2 aromatic carbocycles. The predicted octanol–water partition coefficient (Wildman–Crippen LogP) is 4.43. The number of para-hydroxylation sites is 1. The Morgan fingerprint density at radius 3 is 2.47 bits per heavy atom. The lowest BCUT2D eigenvalue weighted by molar-refractivity contribution is 0.445. The van der Waals surface area contributed by atoms with E-state index in [9.17, 15) is 0 Å². The highest BCUT2D eigenvalue weighted by atomic mass is 15.0. The number of anilines is 2. The number of fused-ring (bicyclic) bond motifs is 1. The van der Waals surface area contributed by atoms with Gasteiger partial charge in [0.2, 0.25) is 0 Å². The lowest BCUT2D eigenvalue weighted by atomic mass is 9.68. The SMILES string of the molecule is CNc1ccc(C2c3ccccc3NC(=NCCCNCCCCN)C2(C)C)cc1. The molecule has 0 spiro atoms. The standard InChI is InChI=1S/C25H37N5/c1-25(2)23(19-11-13-20(27-3)14-12-19)21-9-4-5-10-22(21)30-24(25)29-18-8-17-28-16-7-6-15-26/h4-5,9-14,23,27-28H,6-8,15-18,26H2,1-3H3,(H,29,30). The second-order valence-electron chi connectivity index (χ2n) is 8.57. The lowest BCUT2D eigenvalue weighted by Gasteiger charge is -2.42. The molecule has 3 rings (SSSR count). The van der Waals surface area contributed by atoms with Gasteiger partial charge in [0.25, 0.3) is 0 Å². The van der Waals surface area contributed by atoms with Gasteiger partial charge in [0.15, 0.2) is 0 Å². The molecular weight excluding hydrogens is 370 g/mol. The van der Waals surface area contributed by atoms with Crippen LogP contribution in [0.1, 0.15) is 50.2 Å². The Bertz CT molecular complexity index is 826. The molecule has 2 aromatic rings. The zero-order valence-electron chi connectivity index (χ0n) is 18.7. The van der Waals surface area contributed by atoms with Gasteiger partial charge in [-0.05, 0) is 68.2 Å². The van der Waals surface area contributed by atoms with Crippen LogP contribution in [-0.4, -0.2) is 39.1 Å². The fourth-order valence-electron chi connectivity index (χ4n) is 4.27. The van der Waals surface area contributed by atoms with E-state index in [0.29, 0.717) is 0 Å². The van der Waals surface area contributed by atoms with Crippen molar-refractivity contribution < 1.29 is 0 Å². The third-order valence-electron chi connectivity index (χ3n) is 5.98. The van der Waals surface area contributed by atoms with Gasteiger partial charge in [0.05, 0.1) is 0 Å². The summed E-state index contributed by atoms with van der Waals surface area (Å²) in [6.45, 7) is 8.23. The van der Waals surface area contributed by atoms with Crippen LogP contribution in [-0.2, 0) is 0 Å². The van der Waals surface area contributed by atoms with Crippen LogP contribution in [0.15, 0.2) is 53.5 Å². The average molecular weight is 408 g/mol. The normalized spacial score (nSPS) is 18.7. The van der Waals surface area contributed by atoms with Gasteiger partial charge < -0.3 is 21.7 Å². The van der Waals surface area contributed by atoms with Crippen LogP contribution in [0.5, 0.6) is 0 Å². The van der Waals surface area contributed by atoms with Crippen LogP contribution in [0.3, 0.4) is 0 Å². The molecule has 1 aliphatic heterocycles. The molecule has 0 amide bonds. The molecule has 5 N–H and O–H groups in total. The van der Waals surface area contributed by atoms with Crippen molar-refractivity contribution in [2.75, 3.05) is 43.9 Å². The van der Waals surface area contributed by atoms with E-state index in [1.807, 2.05) is 7.05 Å². The van der Waals surface area contributed by atoms with Crippen molar-refractivity contribution >= 4 is 17.2 Å². The summed E-state index contributed by atoms with van der Waals surface area (Å²) in [5.74, 6) is 1.33. The number of amidine groups is 1. The molecule has 1 aliphatic rings. The average Bonchev–Trinajstić information content (AvgIpc) is 2.76. The van der Waals surface area contributed by atoms with Crippen molar-refractivity contribution in [2.24, 2.45) is 16.1 Å². The van der Waals surface area contributed by atoms with Crippen molar-refractivity contribution in [2.45, 2.75) is 39.0 Å². The Morgan fingerprint density at radius 1 is 1.00 bits per heavy atom. The van der Waals surface area contributed by atoms with Gasteiger partial charge in [-0.3, -0.25) is 4.99 Å². The van der Waals surface area contributed by atoms with Gasteiger partial charge in [0, 0.05) is 36.3 Å². The topological polar surface area (TPSA) is 74.5 Å². The summed E-state index contributed by atoms with van der Waals surface area (Å²) in [5, 5.41) is 10.3. The summed E-state index contributed by atoms with van der Waals surface area (Å²) < 4.78 is 0. The maximum absolute atomic E-state index is 5.54. The highest BCUT2D eigenvalue weighted by Crippen LogP contribution is 2.48. The zero-order chi connectivity index (χ0) is 21.4. The number of nitrogens with zero attached hydrogens (tertiary/aromatic N) is 1. The minimum Gasteiger partial charge on any atom is -0.388 e. The second kappa shape index (κ2) is 10.6. The van der Waals surface area contributed by atoms with E-state index in [0.717, 1.165) is 62.7 Å². The summed E-state index contributed by atoms with van der Waals surface area (Å²) in [5.41, 5.74) is 10.4. The maximum Gasteiger partial charge on any atom is 0.107 e. The smallest absolute Gasteiger partial charge is 0.107 e. The molecule has 5 nitrogen and oxygen atoms in total. The highest BCUT2D eigenvalue weighted by molar-refractivity contribution is 6.03. The Kier molecular flexibility index (Phi) is 7.88. The van der Waals surface area contributed by atoms with Gasteiger partial charge in [-0.1, -0.05) is 44.2 Å². The fraction of sp³-hybridized carbons (Fsp3) is 0.480. The first-order chi connectivity index (χ1) is 14.6. The third kappa shape index (κ3) is 5.21. The maximum atomic E-state index is 5.54. The fourth-order valence-corrected chi connectivity index (χ4v) is 4.27. The molecule has 0 aliphatic carbocycles. The van der Waals surface area contributed by atoms with E-state index < -0.39 is 0 Å². The van der Waals surface area contributed by atoms with Crippen LogP contribution >= 0.6 is 0 Å². The van der Waals surface area contributed by atoms with Crippen molar-refractivity contribution in [3.63, 3.8) is 0 Å². The number of hydrogen-bond donors (Lipinski definition) is 4. The van der Waals surface area contributed by atoms with Crippen molar-refractivity contribution in [3.8, 4) is 0 Å². The lowest BCUT2D eigenvalue weighted by Crippen LogP contribution is -2.41. The number of nitrogens with one attached hydrogen (secondary N) is 3. The summed E-state index contributed by atoms with van der Waals surface area (Å²) in [4.78, 5) is 5.01. The van der Waals surface area contributed by atoms with E-state index in [-0.39, 0.29) is 11.3 Å². The molecule has 162 valence electrons. The van der Waals surface area contributed by atoms with Crippen LogP contribution in [0.25, 0.3) is 0 Å². The Morgan fingerprint density at radius 2 is 1.73 bits per heavy atom. The largest absolute Gasteiger partial charge is 0.388 e. The molecule has 0 radical (unpaired) electrons. The Hall–Kier alpha value is -2.37. The summed E-state index contributed by atoms with van der Waals surface area (Å²) in [7, 11) is 1.95. The van der Waals surface area contributed by atoms with Crippen LogP contribution < -0.4 is 21.7 Å². The molecule has 1 unspecified atom stereocenters. The summed E-state index contributed by atoms with van der Waals surface area (Å²) >= 11 is 0. The van der Waals surface area contributed by atoms with Gasteiger partial charge in [0.1, 0.15) is 5.84 Å². The number of nitrogens with two attached hydrogens (primary N) is 1. The van der Waals surface area contributed by atoms with Crippen molar-refractivity contribution in [1.82, 2.24) is 5.32 Å². The molecule has 1 heterocycles. The third-order valence-corrected chi connectivity index (χ3v) is 5.98. The minimum absolute atomic E-state index is 0.121. The Labute approximate surface area is 181 Å². The second-order valence-corrected chi connectivity index (χ2v) is 8.57. The number of unbranched alkanes of at least 4 members (excludes halogenated alkanes) is 1. The molecule has 30 heavy (non-hydrogen) atoms. The summed E-state index contributed by atoms with van der Waals surface area (Å²) in [6, 6.07) is 17.4. The van der Waals surface area contributed by atoms with E-state index in [1.165, 1.54) is 11.1 Å². The molecule has 0 saturated carbocycles. The van der Waals surface area contributed by atoms with Crippen LogP contribution in [0.2, 0.25) is 0 Å². The molecule has 5 heteroatoms. The number of aliphatic imine (C=N–C) groups is 1. The molecular formula is C25H37N5. The monoisotopic (exact) mass is 407 g/mol.